The molecular formula is C11H11N3OS. The number of aromatic nitrogens is 1. The van der Waals surface area contributed by atoms with Crippen molar-refractivity contribution < 1.29 is 4.42 Å². The molecule has 0 saturated heterocycles. The molecule has 2 aromatic rings. The number of thiazole rings is 1. The Balaban J connectivity index is 1.82. The molecule has 0 aromatic carbocycles. The number of anilines is 1. The third-order valence-corrected chi connectivity index (χ3v) is 2.92. The maximum absolute atomic E-state index is 8.63. The van der Waals surface area contributed by atoms with E-state index in [1.165, 1.54) is 11.3 Å². The van der Waals surface area contributed by atoms with E-state index in [2.05, 4.69) is 16.4 Å². The van der Waals surface area contributed by atoms with Crippen molar-refractivity contribution >= 4 is 16.5 Å². The monoisotopic (exact) mass is 233 g/mol. The van der Waals surface area contributed by atoms with E-state index in [0.717, 1.165) is 29.6 Å². The number of rotatable bonds is 4. The fourth-order valence-corrected chi connectivity index (χ4v) is 1.96. The average molecular weight is 233 g/mol. The molecule has 0 radical (unpaired) electrons. The Morgan fingerprint density at radius 3 is 3.06 bits per heavy atom. The van der Waals surface area contributed by atoms with Gasteiger partial charge in [-0.3, -0.25) is 0 Å². The fourth-order valence-electron chi connectivity index (χ4n) is 1.32. The molecule has 4 nitrogen and oxygen atoms in total. The maximum atomic E-state index is 8.63. The SMILES string of the molecule is Cc1ccc(CCNc2ncc(C#N)s2)o1. The van der Waals surface area contributed by atoms with Crippen LogP contribution in [0, 0.1) is 18.3 Å². The lowest BCUT2D eigenvalue weighted by molar-refractivity contribution is 0.486. The van der Waals surface area contributed by atoms with Crippen LogP contribution in [0.3, 0.4) is 0 Å². The summed E-state index contributed by atoms with van der Waals surface area (Å²) in [5.74, 6) is 1.89. The van der Waals surface area contributed by atoms with Crippen LogP contribution in [0.5, 0.6) is 0 Å². The van der Waals surface area contributed by atoms with Crippen LogP contribution in [-0.4, -0.2) is 11.5 Å². The quantitative estimate of drug-likeness (QED) is 0.881. The number of hydrogen-bond acceptors (Lipinski definition) is 5. The highest BCUT2D eigenvalue weighted by atomic mass is 32.1. The molecule has 0 aliphatic carbocycles. The van der Waals surface area contributed by atoms with Gasteiger partial charge in [0.05, 0.1) is 6.20 Å². The van der Waals surface area contributed by atoms with Crippen molar-refractivity contribution in [1.29, 1.82) is 5.26 Å². The van der Waals surface area contributed by atoms with Gasteiger partial charge in [-0.05, 0) is 19.1 Å². The number of furan rings is 1. The Hall–Kier alpha value is -1.80. The average Bonchev–Trinajstić information content (AvgIpc) is 2.88. The topological polar surface area (TPSA) is 61.9 Å². The number of nitrogens with zero attached hydrogens (tertiary/aromatic N) is 2. The van der Waals surface area contributed by atoms with Gasteiger partial charge >= 0.3 is 0 Å². The summed E-state index contributed by atoms with van der Waals surface area (Å²) in [6, 6.07) is 5.98. The number of aryl methyl sites for hydroxylation is 1. The Morgan fingerprint density at radius 1 is 1.56 bits per heavy atom. The van der Waals surface area contributed by atoms with Gasteiger partial charge in [0.1, 0.15) is 22.5 Å². The lowest BCUT2D eigenvalue weighted by Crippen LogP contribution is -2.03. The molecule has 0 atom stereocenters. The minimum absolute atomic E-state index is 0.622. The van der Waals surface area contributed by atoms with Crippen molar-refractivity contribution in [1.82, 2.24) is 4.98 Å². The van der Waals surface area contributed by atoms with E-state index in [0.29, 0.717) is 4.88 Å². The highest BCUT2D eigenvalue weighted by Crippen LogP contribution is 2.16. The molecule has 0 unspecified atom stereocenters. The van der Waals surface area contributed by atoms with Gasteiger partial charge in [0, 0.05) is 13.0 Å². The van der Waals surface area contributed by atoms with Gasteiger partial charge in [-0.2, -0.15) is 5.26 Å². The number of nitrogens with one attached hydrogen (secondary N) is 1. The van der Waals surface area contributed by atoms with Gasteiger partial charge < -0.3 is 9.73 Å². The summed E-state index contributed by atoms with van der Waals surface area (Å²) in [5, 5.41) is 12.6. The summed E-state index contributed by atoms with van der Waals surface area (Å²) in [5.41, 5.74) is 0. The van der Waals surface area contributed by atoms with Crippen molar-refractivity contribution in [3.8, 4) is 6.07 Å². The first kappa shape index (κ1) is 10.7. The Labute approximate surface area is 97.5 Å². The second kappa shape index (κ2) is 4.81. The normalized spacial score (nSPS) is 10.0. The molecule has 0 saturated carbocycles. The third kappa shape index (κ3) is 2.61. The Bertz CT molecular complexity index is 509. The van der Waals surface area contributed by atoms with Crippen molar-refractivity contribution in [2.75, 3.05) is 11.9 Å². The van der Waals surface area contributed by atoms with E-state index in [1.807, 2.05) is 19.1 Å². The second-order valence-electron chi connectivity index (χ2n) is 3.33. The van der Waals surface area contributed by atoms with Gasteiger partial charge in [-0.1, -0.05) is 11.3 Å². The molecule has 82 valence electrons. The number of nitriles is 1. The molecule has 0 amide bonds. The van der Waals surface area contributed by atoms with Gasteiger partial charge in [-0.25, -0.2) is 4.98 Å². The summed E-state index contributed by atoms with van der Waals surface area (Å²) in [6.07, 6.45) is 2.39. The molecule has 5 heteroatoms. The molecule has 2 rings (SSSR count). The first-order chi connectivity index (χ1) is 7.78. The molecule has 16 heavy (non-hydrogen) atoms. The van der Waals surface area contributed by atoms with E-state index < -0.39 is 0 Å². The van der Waals surface area contributed by atoms with Crippen LogP contribution in [0.15, 0.2) is 22.7 Å². The van der Waals surface area contributed by atoms with Gasteiger partial charge in [0.25, 0.3) is 0 Å². The van der Waals surface area contributed by atoms with E-state index in [9.17, 15) is 0 Å². The van der Waals surface area contributed by atoms with E-state index in [-0.39, 0.29) is 0 Å². The minimum Gasteiger partial charge on any atom is -0.466 e. The van der Waals surface area contributed by atoms with Crippen molar-refractivity contribution in [3.63, 3.8) is 0 Å². The number of hydrogen-bond donors (Lipinski definition) is 1. The van der Waals surface area contributed by atoms with Crippen LogP contribution in [0.25, 0.3) is 0 Å². The predicted molar refractivity (Wildman–Crippen MR) is 62.5 cm³/mol. The summed E-state index contributed by atoms with van der Waals surface area (Å²) in [7, 11) is 0. The maximum Gasteiger partial charge on any atom is 0.183 e. The zero-order chi connectivity index (χ0) is 11.4. The van der Waals surface area contributed by atoms with E-state index in [4.69, 9.17) is 9.68 Å². The Morgan fingerprint density at radius 2 is 2.44 bits per heavy atom. The zero-order valence-electron chi connectivity index (χ0n) is 8.86. The Kier molecular flexibility index (Phi) is 3.22. The first-order valence-corrected chi connectivity index (χ1v) is 5.74. The smallest absolute Gasteiger partial charge is 0.183 e. The van der Waals surface area contributed by atoms with E-state index >= 15 is 0 Å². The lowest BCUT2D eigenvalue weighted by atomic mass is 10.3. The second-order valence-corrected chi connectivity index (χ2v) is 4.36. The molecule has 0 spiro atoms. The van der Waals surface area contributed by atoms with Crippen LogP contribution in [0.4, 0.5) is 5.13 Å². The van der Waals surface area contributed by atoms with Gasteiger partial charge in [-0.15, -0.1) is 0 Å². The van der Waals surface area contributed by atoms with Gasteiger partial charge in [0.15, 0.2) is 5.13 Å². The third-order valence-electron chi connectivity index (χ3n) is 2.06. The largest absolute Gasteiger partial charge is 0.466 e. The summed E-state index contributed by atoms with van der Waals surface area (Å²) in [6.45, 7) is 2.68. The van der Waals surface area contributed by atoms with E-state index in [1.54, 1.807) is 6.20 Å². The molecule has 1 N–H and O–H groups in total. The first-order valence-electron chi connectivity index (χ1n) is 4.93. The van der Waals surface area contributed by atoms with Crippen molar-refractivity contribution in [2.45, 2.75) is 13.3 Å². The predicted octanol–water partition coefficient (Wildman–Crippen LogP) is 2.57. The highest BCUT2D eigenvalue weighted by molar-refractivity contribution is 7.16. The molecule has 0 bridgehead atoms. The molecule has 2 aromatic heterocycles. The van der Waals surface area contributed by atoms with Crippen LogP contribution in [-0.2, 0) is 6.42 Å². The molecule has 0 fully saturated rings. The fraction of sp³-hybridized carbons (Fsp3) is 0.273. The molecule has 2 heterocycles. The van der Waals surface area contributed by atoms with Gasteiger partial charge in [0.2, 0.25) is 0 Å². The van der Waals surface area contributed by atoms with Crippen molar-refractivity contribution in [2.24, 2.45) is 0 Å². The van der Waals surface area contributed by atoms with Crippen LogP contribution < -0.4 is 5.32 Å². The van der Waals surface area contributed by atoms with Crippen LogP contribution in [0.1, 0.15) is 16.4 Å². The highest BCUT2D eigenvalue weighted by Gasteiger charge is 2.01. The summed E-state index contributed by atoms with van der Waals surface area (Å²) >= 11 is 1.36. The molecule has 0 aliphatic heterocycles. The molecule has 0 aliphatic rings. The zero-order valence-corrected chi connectivity index (χ0v) is 9.67. The minimum atomic E-state index is 0.622. The van der Waals surface area contributed by atoms with Crippen LogP contribution >= 0.6 is 11.3 Å². The van der Waals surface area contributed by atoms with Crippen LogP contribution in [0.2, 0.25) is 0 Å². The standard InChI is InChI=1S/C11H11N3OS/c1-8-2-3-9(15-8)4-5-13-11-14-7-10(6-12)16-11/h2-3,7H,4-5H2,1H3,(H,13,14). The summed E-state index contributed by atoms with van der Waals surface area (Å²) < 4.78 is 5.44. The summed E-state index contributed by atoms with van der Waals surface area (Å²) in [4.78, 5) is 4.70. The molecular weight excluding hydrogens is 222 g/mol. The lowest BCUT2D eigenvalue weighted by Gasteiger charge is -1.99. The van der Waals surface area contributed by atoms with Crippen molar-refractivity contribution in [3.05, 3.63) is 34.7 Å².